The van der Waals surface area contributed by atoms with Gasteiger partial charge >= 0.3 is 18.2 Å². The van der Waals surface area contributed by atoms with Gasteiger partial charge in [0.05, 0.1) is 0 Å². The van der Waals surface area contributed by atoms with Gasteiger partial charge in [0.2, 0.25) is 0 Å². The maximum atomic E-state index is 11.9. The summed E-state index contributed by atoms with van der Waals surface area (Å²) in [6.45, 7) is 3.63. The molecule has 0 spiro atoms. The van der Waals surface area contributed by atoms with E-state index in [0.29, 0.717) is 0 Å². The highest BCUT2D eigenvalue weighted by molar-refractivity contribution is 5.80. The zero-order chi connectivity index (χ0) is 15.8. The number of nitrogens with zero attached hydrogens (tertiary/aromatic N) is 1. The highest BCUT2D eigenvalue weighted by Crippen LogP contribution is 2.21. The average Bonchev–Trinajstić information content (AvgIpc) is 2.24. The normalized spacial score (nSPS) is 11.5. The fraction of sp³-hybridized carbons (Fsp3) is 0.833. The molecule has 2 N–H and O–H groups in total. The van der Waals surface area contributed by atoms with Crippen molar-refractivity contribution in [3.63, 3.8) is 0 Å². The number of nitrogens with one attached hydrogen (secondary N) is 1. The Hall–Kier alpha value is -1.47. The standard InChI is InChI=1S/C12H21F3N2O3/c1-9(2)7-17(8-10(18)19)11(20)16-6-4-3-5-12(13,14)15/h9H,3-8H2,1-2H3,(H,16,20)(H,18,19). The lowest BCUT2D eigenvalue weighted by Crippen LogP contribution is -2.44. The molecule has 0 aromatic rings. The molecule has 2 amide bonds. The third-order valence-corrected chi connectivity index (χ3v) is 2.36. The molecule has 0 radical (unpaired) electrons. The summed E-state index contributed by atoms with van der Waals surface area (Å²) in [7, 11) is 0. The van der Waals surface area contributed by atoms with Gasteiger partial charge in [-0.25, -0.2) is 4.79 Å². The molecule has 0 unspecified atom stereocenters. The number of urea groups is 1. The van der Waals surface area contributed by atoms with E-state index in [2.05, 4.69) is 5.32 Å². The summed E-state index contributed by atoms with van der Waals surface area (Å²) in [5.74, 6) is -1.02. The first kappa shape index (κ1) is 18.5. The Morgan fingerprint density at radius 3 is 2.30 bits per heavy atom. The molecule has 0 aliphatic carbocycles. The molecule has 0 aromatic heterocycles. The van der Waals surface area contributed by atoms with Gasteiger partial charge in [0.25, 0.3) is 0 Å². The van der Waals surface area contributed by atoms with Crippen LogP contribution in [0.25, 0.3) is 0 Å². The summed E-state index contributed by atoms with van der Waals surface area (Å²) in [5, 5.41) is 11.1. The van der Waals surface area contributed by atoms with E-state index >= 15 is 0 Å². The van der Waals surface area contributed by atoms with Gasteiger partial charge in [-0.2, -0.15) is 13.2 Å². The zero-order valence-electron chi connectivity index (χ0n) is 11.7. The minimum atomic E-state index is -4.18. The monoisotopic (exact) mass is 298 g/mol. The number of unbranched alkanes of at least 4 members (excludes halogenated alkanes) is 1. The van der Waals surface area contributed by atoms with Crippen molar-refractivity contribution in [2.75, 3.05) is 19.6 Å². The van der Waals surface area contributed by atoms with Crippen LogP contribution in [0, 0.1) is 5.92 Å². The number of halogens is 3. The summed E-state index contributed by atoms with van der Waals surface area (Å²) in [5.41, 5.74) is 0. The number of hydrogen-bond acceptors (Lipinski definition) is 2. The van der Waals surface area contributed by atoms with Crippen LogP contribution in [-0.2, 0) is 4.79 Å². The molecule has 0 aliphatic rings. The van der Waals surface area contributed by atoms with Crippen LogP contribution in [0.15, 0.2) is 0 Å². The van der Waals surface area contributed by atoms with Crippen LogP contribution in [-0.4, -0.2) is 47.8 Å². The van der Waals surface area contributed by atoms with E-state index in [4.69, 9.17) is 5.11 Å². The van der Waals surface area contributed by atoms with E-state index in [-0.39, 0.29) is 31.8 Å². The van der Waals surface area contributed by atoms with Gasteiger partial charge in [-0.05, 0) is 18.8 Å². The molecule has 0 aromatic carbocycles. The Morgan fingerprint density at radius 1 is 1.25 bits per heavy atom. The van der Waals surface area contributed by atoms with Gasteiger partial charge in [-0.3, -0.25) is 4.79 Å². The van der Waals surface area contributed by atoms with Crippen molar-refractivity contribution in [3.05, 3.63) is 0 Å². The minimum Gasteiger partial charge on any atom is -0.480 e. The van der Waals surface area contributed by atoms with Gasteiger partial charge in [-0.15, -0.1) is 0 Å². The Bertz CT molecular complexity index is 320. The van der Waals surface area contributed by atoms with Crippen LogP contribution in [0.4, 0.5) is 18.0 Å². The second-order valence-corrected chi connectivity index (χ2v) is 4.97. The fourth-order valence-corrected chi connectivity index (χ4v) is 1.58. The van der Waals surface area contributed by atoms with Gasteiger partial charge in [-0.1, -0.05) is 13.8 Å². The number of hydrogen-bond donors (Lipinski definition) is 2. The van der Waals surface area contributed by atoms with Gasteiger partial charge < -0.3 is 15.3 Å². The summed E-state index contributed by atoms with van der Waals surface area (Å²) in [4.78, 5) is 23.5. The van der Waals surface area contributed by atoms with E-state index in [1.165, 1.54) is 0 Å². The molecule has 0 heterocycles. The fourth-order valence-electron chi connectivity index (χ4n) is 1.58. The minimum absolute atomic E-state index is 0.0626. The molecule has 0 fully saturated rings. The topological polar surface area (TPSA) is 69.6 Å². The first-order chi connectivity index (χ1) is 9.11. The highest BCUT2D eigenvalue weighted by Gasteiger charge is 2.25. The van der Waals surface area contributed by atoms with E-state index < -0.39 is 31.1 Å². The number of alkyl halides is 3. The number of carbonyl (C=O) groups is 2. The van der Waals surface area contributed by atoms with Gasteiger partial charge in [0.15, 0.2) is 0 Å². The molecule has 0 saturated carbocycles. The molecule has 0 bridgehead atoms. The molecule has 0 atom stereocenters. The molecular formula is C12H21F3N2O3. The Kier molecular flexibility index (Phi) is 8.02. The molecule has 20 heavy (non-hydrogen) atoms. The van der Waals surface area contributed by atoms with Crippen LogP contribution in [0.5, 0.6) is 0 Å². The van der Waals surface area contributed by atoms with Crippen molar-refractivity contribution >= 4 is 12.0 Å². The van der Waals surface area contributed by atoms with Crippen LogP contribution in [0.1, 0.15) is 33.1 Å². The molecule has 0 saturated heterocycles. The SMILES string of the molecule is CC(C)CN(CC(=O)O)C(=O)NCCCCC(F)(F)F. The van der Waals surface area contributed by atoms with Crippen LogP contribution < -0.4 is 5.32 Å². The Labute approximate surface area is 116 Å². The Morgan fingerprint density at radius 2 is 1.85 bits per heavy atom. The number of rotatable bonds is 8. The predicted molar refractivity (Wildman–Crippen MR) is 67.4 cm³/mol. The number of amides is 2. The number of carboxylic acid groups (broad SMARTS) is 1. The quantitative estimate of drug-likeness (QED) is 0.676. The summed E-state index contributed by atoms with van der Waals surface area (Å²) in [6, 6.07) is -0.562. The lowest BCUT2D eigenvalue weighted by atomic mass is 10.2. The van der Waals surface area contributed by atoms with Gasteiger partial charge in [0, 0.05) is 19.5 Å². The van der Waals surface area contributed by atoms with Crippen molar-refractivity contribution < 1.29 is 27.9 Å². The van der Waals surface area contributed by atoms with Crippen molar-refractivity contribution in [2.45, 2.75) is 39.3 Å². The van der Waals surface area contributed by atoms with E-state index in [0.717, 1.165) is 4.90 Å². The van der Waals surface area contributed by atoms with Crippen molar-refractivity contribution in [2.24, 2.45) is 5.92 Å². The number of carboxylic acids is 1. The lowest BCUT2D eigenvalue weighted by molar-refractivity contribution is -0.138. The van der Waals surface area contributed by atoms with Crippen molar-refractivity contribution in [1.82, 2.24) is 10.2 Å². The summed E-state index contributed by atoms with van der Waals surface area (Å²) >= 11 is 0. The second-order valence-electron chi connectivity index (χ2n) is 4.97. The molecular weight excluding hydrogens is 277 g/mol. The van der Waals surface area contributed by atoms with E-state index in [1.54, 1.807) is 0 Å². The lowest BCUT2D eigenvalue weighted by Gasteiger charge is -2.23. The molecule has 8 heteroatoms. The zero-order valence-corrected chi connectivity index (χ0v) is 11.7. The van der Waals surface area contributed by atoms with Gasteiger partial charge in [0.1, 0.15) is 6.54 Å². The van der Waals surface area contributed by atoms with Crippen LogP contribution in [0.3, 0.4) is 0 Å². The van der Waals surface area contributed by atoms with E-state index in [1.807, 2.05) is 13.8 Å². The molecule has 5 nitrogen and oxygen atoms in total. The second kappa shape index (κ2) is 8.65. The third kappa shape index (κ3) is 10.5. The van der Waals surface area contributed by atoms with Crippen molar-refractivity contribution in [3.8, 4) is 0 Å². The molecule has 0 rings (SSSR count). The molecule has 118 valence electrons. The maximum absolute atomic E-state index is 11.9. The number of carbonyl (C=O) groups excluding carboxylic acids is 1. The predicted octanol–water partition coefficient (Wildman–Crippen LogP) is 2.47. The summed E-state index contributed by atoms with van der Waals surface area (Å²) < 4.78 is 35.7. The maximum Gasteiger partial charge on any atom is 0.389 e. The van der Waals surface area contributed by atoms with Crippen molar-refractivity contribution in [1.29, 1.82) is 0 Å². The first-order valence-electron chi connectivity index (χ1n) is 6.43. The average molecular weight is 298 g/mol. The highest BCUT2D eigenvalue weighted by atomic mass is 19.4. The number of aliphatic carboxylic acids is 1. The third-order valence-electron chi connectivity index (χ3n) is 2.36. The van der Waals surface area contributed by atoms with Crippen LogP contribution in [0.2, 0.25) is 0 Å². The van der Waals surface area contributed by atoms with Crippen LogP contribution >= 0.6 is 0 Å². The Balaban J connectivity index is 4.04. The smallest absolute Gasteiger partial charge is 0.389 e. The first-order valence-corrected chi connectivity index (χ1v) is 6.43. The summed E-state index contributed by atoms with van der Waals surface area (Å²) in [6.07, 6.45) is -4.93. The van der Waals surface area contributed by atoms with E-state index in [9.17, 15) is 22.8 Å². The largest absolute Gasteiger partial charge is 0.480 e. The molecule has 0 aliphatic heterocycles.